The SMILES string of the molecule is CCCCCCCCCC(C)C(=O)NCC1CCCN1C(=O)CCNC(=O)C1OC(C)(C)OCC1(C)C. The zero-order chi connectivity index (χ0) is 27.5. The Morgan fingerprint density at radius 3 is 2.38 bits per heavy atom. The fourth-order valence-electron chi connectivity index (χ4n) is 5.16. The zero-order valence-electron chi connectivity index (χ0n) is 24.3. The Bertz CT molecular complexity index is 739. The Balaban J connectivity index is 1.68. The lowest BCUT2D eigenvalue weighted by atomic mass is 9.85. The number of amides is 3. The van der Waals surface area contributed by atoms with E-state index in [1.165, 1.54) is 38.5 Å². The summed E-state index contributed by atoms with van der Waals surface area (Å²) in [5, 5.41) is 5.96. The van der Waals surface area contributed by atoms with Crippen LogP contribution in [-0.2, 0) is 23.9 Å². The number of unbranched alkanes of at least 4 members (excludes halogenated alkanes) is 6. The van der Waals surface area contributed by atoms with Crippen LogP contribution >= 0.6 is 0 Å². The Kier molecular flexibility index (Phi) is 12.8. The van der Waals surface area contributed by atoms with Crippen molar-refractivity contribution in [3.63, 3.8) is 0 Å². The summed E-state index contributed by atoms with van der Waals surface area (Å²) in [5.74, 6) is -0.931. The minimum atomic E-state index is -0.813. The summed E-state index contributed by atoms with van der Waals surface area (Å²) in [6, 6.07) is 0.0245. The predicted molar refractivity (Wildman–Crippen MR) is 146 cm³/mol. The number of ether oxygens (including phenoxy) is 2. The van der Waals surface area contributed by atoms with Gasteiger partial charge in [0.2, 0.25) is 17.7 Å². The van der Waals surface area contributed by atoms with E-state index in [0.29, 0.717) is 19.7 Å². The summed E-state index contributed by atoms with van der Waals surface area (Å²) in [6.07, 6.45) is 11.1. The van der Waals surface area contributed by atoms with Crippen LogP contribution in [0, 0.1) is 11.3 Å². The molecule has 2 fully saturated rings. The van der Waals surface area contributed by atoms with Crippen LogP contribution in [0.5, 0.6) is 0 Å². The maximum absolute atomic E-state index is 12.9. The molecule has 2 heterocycles. The molecule has 0 aromatic carbocycles. The van der Waals surface area contributed by atoms with E-state index in [4.69, 9.17) is 9.47 Å². The van der Waals surface area contributed by atoms with E-state index in [-0.39, 0.29) is 42.6 Å². The molecule has 0 aliphatic carbocycles. The third kappa shape index (κ3) is 10.5. The van der Waals surface area contributed by atoms with Gasteiger partial charge in [-0.15, -0.1) is 0 Å². The largest absolute Gasteiger partial charge is 0.354 e. The molecule has 37 heavy (non-hydrogen) atoms. The number of nitrogens with zero attached hydrogens (tertiary/aromatic N) is 1. The first-order valence-corrected chi connectivity index (χ1v) is 14.6. The van der Waals surface area contributed by atoms with E-state index in [1.807, 2.05) is 25.7 Å². The number of likely N-dealkylation sites (tertiary alicyclic amines) is 1. The van der Waals surface area contributed by atoms with Crippen LogP contribution in [-0.4, -0.2) is 66.8 Å². The number of nitrogens with one attached hydrogen (secondary N) is 2. The van der Waals surface area contributed by atoms with Crippen molar-refractivity contribution in [1.82, 2.24) is 15.5 Å². The summed E-state index contributed by atoms with van der Waals surface area (Å²) < 4.78 is 11.6. The number of carbonyl (C=O) groups is 3. The molecule has 0 aromatic heterocycles. The topological polar surface area (TPSA) is 97.0 Å². The van der Waals surface area contributed by atoms with Crippen molar-refractivity contribution >= 4 is 17.7 Å². The number of hydrogen-bond acceptors (Lipinski definition) is 5. The fraction of sp³-hybridized carbons (Fsp3) is 0.897. The maximum atomic E-state index is 12.9. The maximum Gasteiger partial charge on any atom is 0.249 e. The number of rotatable bonds is 15. The quantitative estimate of drug-likeness (QED) is 0.307. The molecule has 214 valence electrons. The van der Waals surface area contributed by atoms with Crippen LogP contribution in [0.15, 0.2) is 0 Å². The van der Waals surface area contributed by atoms with Crippen LogP contribution in [0.2, 0.25) is 0 Å². The molecule has 3 unspecified atom stereocenters. The van der Waals surface area contributed by atoms with E-state index < -0.39 is 17.3 Å². The Labute approximate surface area is 225 Å². The fourth-order valence-corrected chi connectivity index (χ4v) is 5.16. The minimum absolute atomic E-state index is 0.00181. The van der Waals surface area contributed by atoms with Crippen molar-refractivity contribution in [2.75, 3.05) is 26.2 Å². The van der Waals surface area contributed by atoms with Crippen LogP contribution in [0.4, 0.5) is 0 Å². The third-order valence-corrected chi connectivity index (χ3v) is 7.68. The highest BCUT2D eigenvalue weighted by atomic mass is 16.7. The molecule has 2 aliphatic heterocycles. The molecular formula is C29H53N3O5. The van der Waals surface area contributed by atoms with Crippen molar-refractivity contribution < 1.29 is 23.9 Å². The molecule has 2 rings (SSSR count). The Morgan fingerprint density at radius 1 is 1.00 bits per heavy atom. The standard InChI is InChI=1S/C29H53N3O5/c1-7-8-9-10-11-12-13-15-22(2)26(34)31-20-23-16-14-19-32(23)24(33)17-18-30-27(35)25-28(3,4)21-36-29(5,6)37-25/h22-23,25H,7-21H2,1-6H3,(H,30,35)(H,31,34). The van der Waals surface area contributed by atoms with Gasteiger partial charge in [0.15, 0.2) is 5.79 Å². The lowest BCUT2D eigenvalue weighted by molar-refractivity contribution is -0.304. The number of carbonyl (C=O) groups excluding carboxylic acids is 3. The van der Waals surface area contributed by atoms with Crippen molar-refractivity contribution in [3.8, 4) is 0 Å². The normalized spacial score (nSPS) is 23.5. The first kappa shape index (κ1) is 31.5. The second kappa shape index (κ2) is 15.1. The molecule has 0 spiro atoms. The van der Waals surface area contributed by atoms with Gasteiger partial charge < -0.3 is 25.0 Å². The molecule has 8 heteroatoms. The predicted octanol–water partition coefficient (Wildman–Crippen LogP) is 4.55. The van der Waals surface area contributed by atoms with E-state index in [0.717, 1.165) is 25.7 Å². The molecule has 0 bridgehead atoms. The molecule has 3 atom stereocenters. The summed E-state index contributed by atoms with van der Waals surface area (Å²) in [4.78, 5) is 40.2. The van der Waals surface area contributed by atoms with Crippen LogP contribution in [0.3, 0.4) is 0 Å². The second-order valence-corrected chi connectivity index (χ2v) is 12.2. The molecule has 0 aromatic rings. The lowest BCUT2D eigenvalue weighted by Gasteiger charge is -2.44. The molecule has 3 amide bonds. The van der Waals surface area contributed by atoms with Crippen molar-refractivity contribution in [3.05, 3.63) is 0 Å². The Hall–Kier alpha value is -1.67. The monoisotopic (exact) mass is 523 g/mol. The summed E-state index contributed by atoms with van der Waals surface area (Å²) in [7, 11) is 0. The molecule has 0 radical (unpaired) electrons. The van der Waals surface area contributed by atoms with E-state index in [2.05, 4.69) is 17.6 Å². The summed E-state index contributed by atoms with van der Waals surface area (Å²) in [5.41, 5.74) is -0.451. The van der Waals surface area contributed by atoms with Gasteiger partial charge >= 0.3 is 0 Å². The third-order valence-electron chi connectivity index (χ3n) is 7.68. The van der Waals surface area contributed by atoms with Gasteiger partial charge in [0.1, 0.15) is 6.10 Å². The van der Waals surface area contributed by atoms with Crippen molar-refractivity contribution in [2.45, 2.75) is 130 Å². The molecule has 2 aliphatic rings. The van der Waals surface area contributed by atoms with Gasteiger partial charge in [-0.2, -0.15) is 0 Å². The van der Waals surface area contributed by atoms with Gasteiger partial charge in [0.05, 0.1) is 6.61 Å². The average Bonchev–Trinajstić information content (AvgIpc) is 3.32. The highest BCUT2D eigenvalue weighted by Crippen LogP contribution is 2.34. The lowest BCUT2D eigenvalue weighted by Crippen LogP contribution is -2.56. The van der Waals surface area contributed by atoms with Gasteiger partial charge in [0.25, 0.3) is 0 Å². The van der Waals surface area contributed by atoms with Crippen molar-refractivity contribution in [1.29, 1.82) is 0 Å². The first-order chi connectivity index (χ1) is 17.5. The van der Waals surface area contributed by atoms with Crippen molar-refractivity contribution in [2.24, 2.45) is 11.3 Å². The average molecular weight is 524 g/mol. The van der Waals surface area contributed by atoms with Gasteiger partial charge in [-0.1, -0.05) is 72.6 Å². The van der Waals surface area contributed by atoms with Gasteiger partial charge in [-0.05, 0) is 33.1 Å². The second-order valence-electron chi connectivity index (χ2n) is 12.2. The highest BCUT2D eigenvalue weighted by Gasteiger charge is 2.45. The van der Waals surface area contributed by atoms with Crippen LogP contribution in [0.1, 0.15) is 112 Å². The molecule has 0 saturated carbocycles. The van der Waals surface area contributed by atoms with E-state index in [1.54, 1.807) is 13.8 Å². The minimum Gasteiger partial charge on any atom is -0.354 e. The summed E-state index contributed by atoms with van der Waals surface area (Å²) in [6.45, 7) is 13.6. The van der Waals surface area contributed by atoms with Crippen LogP contribution < -0.4 is 10.6 Å². The van der Waals surface area contributed by atoms with Gasteiger partial charge in [-0.3, -0.25) is 14.4 Å². The molecule has 2 saturated heterocycles. The first-order valence-electron chi connectivity index (χ1n) is 14.6. The highest BCUT2D eigenvalue weighted by molar-refractivity contribution is 5.83. The zero-order valence-corrected chi connectivity index (χ0v) is 24.3. The molecular weight excluding hydrogens is 470 g/mol. The summed E-state index contributed by atoms with van der Waals surface area (Å²) >= 11 is 0. The Morgan fingerprint density at radius 2 is 1.68 bits per heavy atom. The van der Waals surface area contributed by atoms with E-state index >= 15 is 0 Å². The molecule has 8 nitrogen and oxygen atoms in total. The van der Waals surface area contributed by atoms with Gasteiger partial charge in [-0.25, -0.2) is 0 Å². The number of hydrogen-bond donors (Lipinski definition) is 2. The van der Waals surface area contributed by atoms with Gasteiger partial charge in [0, 0.05) is 43.4 Å². The smallest absolute Gasteiger partial charge is 0.249 e. The van der Waals surface area contributed by atoms with E-state index in [9.17, 15) is 14.4 Å². The molecule has 2 N–H and O–H groups in total. The van der Waals surface area contributed by atoms with Crippen LogP contribution in [0.25, 0.3) is 0 Å².